The van der Waals surface area contributed by atoms with Gasteiger partial charge in [-0.25, -0.2) is 0 Å². The number of likely N-dealkylation sites (N-methyl/N-ethyl adjacent to an activating group) is 1. The van der Waals surface area contributed by atoms with Gasteiger partial charge in [-0.3, -0.25) is 9.48 Å². The molecule has 0 aliphatic heterocycles. The molecule has 2 aromatic rings. The van der Waals surface area contributed by atoms with Crippen LogP contribution in [0.2, 0.25) is 0 Å². The highest BCUT2D eigenvalue weighted by Gasteiger charge is 2.21. The number of carbonyl (C=O) groups is 1. The zero-order valence-corrected chi connectivity index (χ0v) is 13.3. The second-order valence-electron chi connectivity index (χ2n) is 5.46. The molecular weight excluding hydrogens is 264 g/mol. The van der Waals surface area contributed by atoms with Crippen LogP contribution < -0.4 is 0 Å². The van der Waals surface area contributed by atoms with Crippen LogP contribution in [0.5, 0.6) is 0 Å². The van der Waals surface area contributed by atoms with Gasteiger partial charge < -0.3 is 9.47 Å². The molecule has 5 nitrogen and oxygen atoms in total. The van der Waals surface area contributed by atoms with Crippen LogP contribution in [0, 0.1) is 13.8 Å². The first-order valence-electron chi connectivity index (χ1n) is 7.41. The van der Waals surface area contributed by atoms with Crippen molar-refractivity contribution in [3.63, 3.8) is 0 Å². The van der Waals surface area contributed by atoms with E-state index < -0.39 is 0 Å². The van der Waals surface area contributed by atoms with Crippen LogP contribution in [0.25, 0.3) is 0 Å². The first kappa shape index (κ1) is 15.4. The number of nitrogens with zero attached hydrogens (tertiary/aromatic N) is 4. The van der Waals surface area contributed by atoms with Crippen LogP contribution in [0.3, 0.4) is 0 Å². The monoisotopic (exact) mass is 288 g/mol. The van der Waals surface area contributed by atoms with Crippen molar-refractivity contribution in [1.82, 2.24) is 19.2 Å². The number of aryl methyl sites for hydroxylation is 2. The lowest BCUT2D eigenvalue weighted by Crippen LogP contribution is -2.36. The Bertz CT molecular complexity index is 585. The van der Waals surface area contributed by atoms with Crippen molar-refractivity contribution in [2.45, 2.75) is 39.8 Å². The first-order chi connectivity index (χ1) is 10.0. The molecule has 0 N–H and O–H groups in total. The van der Waals surface area contributed by atoms with Crippen molar-refractivity contribution in [2.75, 3.05) is 13.6 Å². The van der Waals surface area contributed by atoms with Gasteiger partial charge in [0.1, 0.15) is 6.04 Å². The largest absolute Gasteiger partial charge is 0.342 e. The molecule has 2 rings (SSSR count). The molecular formula is C16H24N4O. The van der Waals surface area contributed by atoms with Gasteiger partial charge in [-0.1, -0.05) is 6.92 Å². The zero-order valence-electron chi connectivity index (χ0n) is 13.3. The Labute approximate surface area is 126 Å². The Hall–Kier alpha value is -2.04. The fraction of sp³-hybridized carbons (Fsp3) is 0.500. The van der Waals surface area contributed by atoms with E-state index in [9.17, 15) is 4.79 Å². The third kappa shape index (κ3) is 3.54. The maximum Gasteiger partial charge on any atom is 0.245 e. The van der Waals surface area contributed by atoms with E-state index in [2.05, 4.69) is 11.2 Å². The van der Waals surface area contributed by atoms with Crippen molar-refractivity contribution >= 4 is 5.91 Å². The Morgan fingerprint density at radius 2 is 2.00 bits per heavy atom. The van der Waals surface area contributed by atoms with Crippen LogP contribution in [0.1, 0.15) is 30.8 Å². The predicted octanol–water partition coefficient (Wildman–Crippen LogP) is 2.41. The Morgan fingerprint density at radius 3 is 2.52 bits per heavy atom. The highest BCUT2D eigenvalue weighted by molar-refractivity contribution is 5.80. The van der Waals surface area contributed by atoms with E-state index in [-0.39, 0.29) is 11.9 Å². The summed E-state index contributed by atoms with van der Waals surface area (Å²) in [5.41, 5.74) is 2.14. The molecule has 5 heteroatoms. The van der Waals surface area contributed by atoms with Crippen LogP contribution >= 0.6 is 0 Å². The minimum absolute atomic E-state index is 0.120. The molecule has 2 aromatic heterocycles. The summed E-state index contributed by atoms with van der Waals surface area (Å²) in [4.78, 5) is 14.4. The second-order valence-corrected chi connectivity index (χ2v) is 5.46. The SMILES string of the molecule is CCC(C(=O)N(C)CCn1nc(C)cc1C)n1cccc1. The fourth-order valence-corrected chi connectivity index (χ4v) is 2.58. The number of rotatable bonds is 6. The van der Waals surface area contributed by atoms with E-state index in [0.717, 1.165) is 24.4 Å². The molecule has 0 bridgehead atoms. The van der Waals surface area contributed by atoms with Crippen molar-refractivity contribution in [3.05, 3.63) is 42.0 Å². The normalized spacial score (nSPS) is 12.4. The highest BCUT2D eigenvalue weighted by atomic mass is 16.2. The van der Waals surface area contributed by atoms with Gasteiger partial charge in [0.05, 0.1) is 12.2 Å². The molecule has 0 saturated carbocycles. The standard InChI is InChI=1S/C16H24N4O/c1-5-15(19-8-6-7-9-19)16(21)18(4)10-11-20-14(3)12-13(2)17-20/h6-9,12,15H,5,10-11H2,1-4H3. The van der Waals surface area contributed by atoms with Gasteiger partial charge in [0.2, 0.25) is 5.91 Å². The quantitative estimate of drug-likeness (QED) is 0.819. The molecule has 0 radical (unpaired) electrons. The lowest BCUT2D eigenvalue weighted by atomic mass is 10.2. The lowest BCUT2D eigenvalue weighted by Gasteiger charge is -2.24. The molecule has 1 atom stereocenters. The summed E-state index contributed by atoms with van der Waals surface area (Å²) in [5.74, 6) is 0.148. The predicted molar refractivity (Wildman–Crippen MR) is 83.1 cm³/mol. The summed E-state index contributed by atoms with van der Waals surface area (Å²) in [6.07, 6.45) is 4.68. The Morgan fingerprint density at radius 1 is 1.33 bits per heavy atom. The number of hydrogen-bond acceptors (Lipinski definition) is 2. The molecule has 0 aliphatic carbocycles. The summed E-state index contributed by atoms with van der Waals surface area (Å²) in [6, 6.07) is 5.83. The van der Waals surface area contributed by atoms with Gasteiger partial charge in [0, 0.05) is 31.7 Å². The minimum atomic E-state index is -0.120. The molecule has 0 aliphatic rings. The molecule has 0 aromatic carbocycles. The molecule has 1 amide bonds. The zero-order chi connectivity index (χ0) is 15.4. The smallest absolute Gasteiger partial charge is 0.245 e. The highest BCUT2D eigenvalue weighted by Crippen LogP contribution is 2.14. The van der Waals surface area contributed by atoms with E-state index in [1.807, 2.05) is 61.6 Å². The number of aromatic nitrogens is 3. The van der Waals surface area contributed by atoms with Crippen LogP contribution in [0.4, 0.5) is 0 Å². The van der Waals surface area contributed by atoms with Crippen LogP contribution in [-0.4, -0.2) is 38.7 Å². The summed E-state index contributed by atoms with van der Waals surface area (Å²) in [5, 5.41) is 4.43. The number of hydrogen-bond donors (Lipinski definition) is 0. The third-order valence-electron chi connectivity index (χ3n) is 3.79. The fourth-order valence-electron chi connectivity index (χ4n) is 2.58. The minimum Gasteiger partial charge on any atom is -0.342 e. The van der Waals surface area contributed by atoms with Gasteiger partial charge in [0.15, 0.2) is 0 Å². The van der Waals surface area contributed by atoms with E-state index >= 15 is 0 Å². The van der Waals surface area contributed by atoms with Gasteiger partial charge in [-0.15, -0.1) is 0 Å². The summed E-state index contributed by atoms with van der Waals surface area (Å²) in [7, 11) is 1.86. The molecule has 2 heterocycles. The van der Waals surface area contributed by atoms with Gasteiger partial charge in [-0.2, -0.15) is 5.10 Å². The van der Waals surface area contributed by atoms with Crippen LogP contribution in [0.15, 0.2) is 30.6 Å². The van der Waals surface area contributed by atoms with Gasteiger partial charge in [0.25, 0.3) is 0 Å². The molecule has 0 spiro atoms. The molecule has 0 fully saturated rings. The Balaban J connectivity index is 1.97. The molecule has 114 valence electrons. The topological polar surface area (TPSA) is 43.1 Å². The van der Waals surface area contributed by atoms with E-state index in [4.69, 9.17) is 0 Å². The van der Waals surface area contributed by atoms with Gasteiger partial charge >= 0.3 is 0 Å². The maximum atomic E-state index is 12.6. The van der Waals surface area contributed by atoms with Crippen molar-refractivity contribution in [1.29, 1.82) is 0 Å². The van der Waals surface area contributed by atoms with Crippen molar-refractivity contribution in [2.24, 2.45) is 0 Å². The number of amides is 1. The van der Waals surface area contributed by atoms with E-state index in [1.54, 1.807) is 4.90 Å². The van der Waals surface area contributed by atoms with Crippen molar-refractivity contribution < 1.29 is 4.79 Å². The van der Waals surface area contributed by atoms with Crippen LogP contribution in [-0.2, 0) is 11.3 Å². The lowest BCUT2D eigenvalue weighted by molar-refractivity contribution is -0.133. The Kier molecular flexibility index (Phi) is 4.83. The summed E-state index contributed by atoms with van der Waals surface area (Å²) in [6.45, 7) is 7.45. The first-order valence-corrected chi connectivity index (χ1v) is 7.41. The molecule has 1 unspecified atom stereocenters. The molecule has 0 saturated heterocycles. The number of carbonyl (C=O) groups excluding carboxylic acids is 1. The van der Waals surface area contributed by atoms with Gasteiger partial charge in [-0.05, 0) is 38.5 Å². The van der Waals surface area contributed by atoms with Crippen molar-refractivity contribution in [3.8, 4) is 0 Å². The third-order valence-corrected chi connectivity index (χ3v) is 3.79. The molecule has 21 heavy (non-hydrogen) atoms. The second kappa shape index (κ2) is 6.61. The average Bonchev–Trinajstić information content (AvgIpc) is 3.07. The van der Waals surface area contributed by atoms with E-state index in [1.165, 1.54) is 0 Å². The summed E-state index contributed by atoms with van der Waals surface area (Å²) < 4.78 is 3.93. The van der Waals surface area contributed by atoms with E-state index in [0.29, 0.717) is 6.54 Å². The summed E-state index contributed by atoms with van der Waals surface area (Å²) >= 11 is 0. The average molecular weight is 288 g/mol. The maximum absolute atomic E-state index is 12.6.